The van der Waals surface area contributed by atoms with Gasteiger partial charge in [-0.15, -0.1) is 0 Å². The van der Waals surface area contributed by atoms with Gasteiger partial charge in [0, 0.05) is 29.0 Å². The number of thioether (sulfide) groups is 1. The number of aromatic nitrogens is 2. The molecule has 4 rings (SSSR count). The second-order valence-corrected chi connectivity index (χ2v) is 17.2. The third-order valence-corrected chi connectivity index (χ3v) is 11.8. The molecule has 1 unspecified atom stereocenters. The fourth-order valence-corrected chi connectivity index (χ4v) is 8.22. The van der Waals surface area contributed by atoms with Crippen molar-refractivity contribution in [3.8, 4) is 11.4 Å². The third kappa shape index (κ3) is 10.2. The first-order valence-electron chi connectivity index (χ1n) is 16.5. The molecule has 3 aromatic carbocycles. The van der Waals surface area contributed by atoms with Gasteiger partial charge in [-0.05, 0) is 54.1 Å². The molecule has 0 saturated heterocycles. The van der Waals surface area contributed by atoms with E-state index in [1.54, 1.807) is 29.0 Å². The number of sulfonamides is 1. The van der Waals surface area contributed by atoms with Gasteiger partial charge in [0.1, 0.15) is 23.2 Å². The van der Waals surface area contributed by atoms with Crippen molar-refractivity contribution in [2.45, 2.75) is 53.9 Å². The third-order valence-electron chi connectivity index (χ3n) is 8.72. The fourth-order valence-electron chi connectivity index (χ4n) is 5.57. The van der Waals surface area contributed by atoms with Gasteiger partial charge in [-0.25, -0.2) is 31.4 Å². The number of hydrogen-bond acceptors (Lipinski definition) is 8. The van der Waals surface area contributed by atoms with E-state index in [0.29, 0.717) is 38.6 Å². The highest BCUT2D eigenvalue weighted by molar-refractivity contribution is 7.98. The molecule has 0 aliphatic carbocycles. The second kappa shape index (κ2) is 17.1. The fraction of sp³-hybridized carbons (Fsp3) is 0.361. The van der Waals surface area contributed by atoms with E-state index >= 15 is 8.78 Å². The molecule has 304 valence electrons. The Bertz CT molecular complexity index is 2170. The number of halogens is 7. The minimum Gasteiger partial charge on any atom is -0.495 e. The van der Waals surface area contributed by atoms with Crippen molar-refractivity contribution >= 4 is 45.3 Å². The van der Waals surface area contributed by atoms with E-state index in [9.17, 15) is 35.6 Å². The lowest BCUT2D eigenvalue weighted by Crippen LogP contribution is -2.51. The number of methoxy groups -OCH3 is 1. The molecule has 0 aliphatic rings. The van der Waals surface area contributed by atoms with Crippen LogP contribution in [0.3, 0.4) is 0 Å². The van der Waals surface area contributed by atoms with E-state index in [2.05, 4.69) is 9.72 Å². The Morgan fingerprint density at radius 3 is 2.16 bits per heavy atom. The number of amides is 1. The van der Waals surface area contributed by atoms with Crippen molar-refractivity contribution in [2.24, 2.45) is 5.73 Å². The number of nitrogens with two attached hydrogens (primary N) is 1. The normalized spacial score (nSPS) is 13.2. The number of carbonyl (C=O) groups excluding carboxylic acids is 2. The quantitative estimate of drug-likeness (QED) is 0.0440. The molecule has 0 fully saturated rings. The Morgan fingerprint density at radius 1 is 1.02 bits per heavy atom. The maximum absolute atomic E-state index is 15.7. The Kier molecular flexibility index (Phi) is 13.5. The molecule has 11 nitrogen and oxygen atoms in total. The summed E-state index contributed by atoms with van der Waals surface area (Å²) in [5.74, 6) is -6.71. The van der Waals surface area contributed by atoms with Gasteiger partial charge in [0.2, 0.25) is 22.2 Å². The van der Waals surface area contributed by atoms with Crippen LogP contribution in [0.4, 0.5) is 26.3 Å². The van der Waals surface area contributed by atoms with Crippen LogP contribution >= 0.6 is 23.4 Å². The van der Waals surface area contributed by atoms with Gasteiger partial charge in [0.25, 0.3) is 0 Å². The number of carbonyl (C=O) groups is 2. The topological polar surface area (TPSA) is 134 Å². The Balaban J connectivity index is 1.66. The predicted molar refractivity (Wildman–Crippen MR) is 196 cm³/mol. The summed E-state index contributed by atoms with van der Waals surface area (Å²) in [5, 5.41) is 0.640. The van der Waals surface area contributed by atoms with Crippen LogP contribution in [0, 0.1) is 17.5 Å². The van der Waals surface area contributed by atoms with Crippen molar-refractivity contribution in [3.63, 3.8) is 0 Å². The lowest BCUT2D eigenvalue weighted by molar-refractivity contribution is -0.917. The van der Waals surface area contributed by atoms with Gasteiger partial charge in [-0.2, -0.15) is 17.5 Å². The van der Waals surface area contributed by atoms with Crippen molar-refractivity contribution in [2.75, 3.05) is 41.3 Å². The van der Waals surface area contributed by atoms with Crippen LogP contribution in [-0.2, 0) is 35.5 Å². The molecular formula is C36H39ClF6N5O6S2+. The number of ether oxygens (including phenoxy) is 2. The van der Waals surface area contributed by atoms with E-state index in [1.807, 2.05) is 13.8 Å². The largest absolute Gasteiger partial charge is 0.495 e. The summed E-state index contributed by atoms with van der Waals surface area (Å²) in [4.78, 5) is 27.1. The summed E-state index contributed by atoms with van der Waals surface area (Å²) in [6, 6.07) is 11.8. The monoisotopic (exact) mass is 850 g/mol. The van der Waals surface area contributed by atoms with Crippen LogP contribution < -0.4 is 10.5 Å². The molecule has 1 amide bonds. The molecule has 0 aliphatic heterocycles. The zero-order chi connectivity index (χ0) is 42.0. The van der Waals surface area contributed by atoms with Crippen molar-refractivity contribution in [3.05, 3.63) is 100 Å². The van der Waals surface area contributed by atoms with Crippen LogP contribution in [0.25, 0.3) is 5.69 Å². The minimum absolute atomic E-state index is 0.252. The molecular weight excluding hydrogens is 812 g/mol. The van der Waals surface area contributed by atoms with Crippen LogP contribution in [-0.4, -0.2) is 92.4 Å². The molecule has 1 atom stereocenters. The number of quaternary nitrogens is 1. The summed E-state index contributed by atoms with van der Waals surface area (Å²) in [6.07, 6.45) is -5.88. The molecule has 56 heavy (non-hydrogen) atoms. The molecule has 0 bridgehead atoms. The molecule has 20 heteroatoms. The van der Waals surface area contributed by atoms with Gasteiger partial charge in [0.05, 0.1) is 63.0 Å². The number of benzene rings is 3. The summed E-state index contributed by atoms with van der Waals surface area (Å²) in [5.41, 5.74) is 5.79. The summed E-state index contributed by atoms with van der Waals surface area (Å²) >= 11 is 7.16. The zero-order valence-electron chi connectivity index (χ0n) is 31.0. The van der Waals surface area contributed by atoms with Crippen molar-refractivity contribution < 1.29 is 58.3 Å². The van der Waals surface area contributed by atoms with Crippen LogP contribution in [0.15, 0.2) is 70.8 Å². The minimum atomic E-state index is -5.34. The van der Waals surface area contributed by atoms with Gasteiger partial charge < -0.3 is 15.2 Å². The number of hydrogen-bond donors (Lipinski definition) is 1. The summed E-state index contributed by atoms with van der Waals surface area (Å²) in [6.45, 7) is 2.08. The van der Waals surface area contributed by atoms with Crippen LogP contribution in [0.2, 0.25) is 5.02 Å². The number of imidazole rings is 1. The number of nitrogens with zero attached hydrogens (tertiary/aromatic N) is 4. The molecule has 4 aromatic rings. The van der Waals surface area contributed by atoms with Crippen molar-refractivity contribution in [1.82, 2.24) is 13.9 Å². The first-order valence-corrected chi connectivity index (χ1v) is 19.3. The highest BCUT2D eigenvalue weighted by Crippen LogP contribution is 2.39. The Labute approximate surface area is 329 Å². The van der Waals surface area contributed by atoms with Crippen LogP contribution in [0.5, 0.6) is 5.75 Å². The first-order chi connectivity index (χ1) is 25.9. The maximum Gasteiger partial charge on any atom is 0.491 e. The van der Waals surface area contributed by atoms with Gasteiger partial charge >= 0.3 is 12.1 Å². The van der Waals surface area contributed by atoms with E-state index in [4.69, 9.17) is 22.1 Å². The standard InChI is InChI=1S/C36H38ClF6N5O6S2/c1-35(2,21-7-12-26(37)29(15-21)53-6)30-18-45-34(47(30)23-10-8-22(38)9-11-23)55-20-25-27(39)16-24(17-28(25)40)56(51,52)46(19-31(44)49)14-13-32(48(3,4)5)54-33(50)36(41,42)43/h7-12,15-18,32H,13-14,19-20H2,1-6H3,(H-,44,49)/p+1. The molecule has 0 saturated carbocycles. The summed E-state index contributed by atoms with van der Waals surface area (Å²) < 4.78 is 123. The molecule has 2 N–H and O–H groups in total. The zero-order valence-corrected chi connectivity index (χ0v) is 33.3. The van der Waals surface area contributed by atoms with Crippen LogP contribution in [0.1, 0.15) is 37.1 Å². The van der Waals surface area contributed by atoms with E-state index in [1.165, 1.54) is 52.5 Å². The predicted octanol–water partition coefficient (Wildman–Crippen LogP) is 6.57. The average molecular weight is 851 g/mol. The van der Waals surface area contributed by atoms with Gasteiger partial charge in [-0.3, -0.25) is 13.8 Å². The number of primary amides is 1. The second-order valence-electron chi connectivity index (χ2n) is 13.9. The van der Waals surface area contributed by atoms with E-state index in [-0.39, 0.29) is 5.16 Å². The van der Waals surface area contributed by atoms with Gasteiger partial charge in [-0.1, -0.05) is 43.3 Å². The lowest BCUT2D eigenvalue weighted by Gasteiger charge is -2.34. The average Bonchev–Trinajstić information content (AvgIpc) is 3.53. The smallest absolute Gasteiger partial charge is 0.491 e. The number of esters is 1. The SMILES string of the molecule is COc1cc(C(C)(C)c2cnc(SCc3c(F)cc(S(=O)(=O)N(CCC(OC(=O)C(F)(F)F)[N+](C)(C)C)CC(N)=O)cc3F)n2-c2ccc(F)cc2)ccc1Cl. The van der Waals surface area contributed by atoms with E-state index in [0.717, 1.165) is 17.3 Å². The van der Waals surface area contributed by atoms with Gasteiger partial charge in [0.15, 0.2) is 5.16 Å². The number of alkyl halides is 3. The maximum atomic E-state index is 15.7. The first kappa shape index (κ1) is 44.4. The Hall–Kier alpha value is -4.30. The summed E-state index contributed by atoms with van der Waals surface area (Å²) in [7, 11) is 0.715. The highest BCUT2D eigenvalue weighted by atomic mass is 35.5. The lowest BCUT2D eigenvalue weighted by atomic mass is 9.81. The Morgan fingerprint density at radius 2 is 1.62 bits per heavy atom. The molecule has 1 aromatic heterocycles. The number of rotatable bonds is 16. The highest BCUT2D eigenvalue weighted by Gasteiger charge is 2.45. The van der Waals surface area contributed by atoms with E-state index < -0.39 is 97.4 Å². The molecule has 1 heterocycles. The van der Waals surface area contributed by atoms with Crippen molar-refractivity contribution in [1.29, 1.82) is 0 Å². The molecule has 0 spiro atoms. The molecule has 0 radical (unpaired) electrons.